The van der Waals surface area contributed by atoms with E-state index in [1.807, 2.05) is 18.9 Å². The van der Waals surface area contributed by atoms with Gasteiger partial charge < -0.3 is 4.90 Å². The van der Waals surface area contributed by atoms with Crippen molar-refractivity contribution < 1.29 is 4.79 Å². The van der Waals surface area contributed by atoms with Crippen molar-refractivity contribution in [3.05, 3.63) is 22.7 Å². The molecule has 0 saturated carbocycles. The zero-order valence-electron chi connectivity index (χ0n) is 10.6. The van der Waals surface area contributed by atoms with Gasteiger partial charge in [-0.3, -0.25) is 9.69 Å². The summed E-state index contributed by atoms with van der Waals surface area (Å²) < 4.78 is 0. The lowest BCUT2D eigenvalue weighted by Gasteiger charge is -2.18. The topological polar surface area (TPSA) is 49.3 Å². The predicted molar refractivity (Wildman–Crippen MR) is 66.8 cm³/mol. The lowest BCUT2D eigenvalue weighted by molar-refractivity contribution is -0.129. The number of hydrogen-bond donors (Lipinski definition) is 0. The number of nitrogens with zero attached hydrogens (tertiary/aromatic N) is 4. The summed E-state index contributed by atoms with van der Waals surface area (Å²) >= 11 is 5.84. The average Bonchev–Trinajstić information content (AvgIpc) is 2.14. The Morgan fingerprint density at radius 3 is 2.53 bits per heavy atom. The number of carbonyl (C=O) groups excluding carboxylic acids is 1. The molecule has 0 atom stereocenters. The van der Waals surface area contributed by atoms with Gasteiger partial charge in [0.1, 0.15) is 11.0 Å². The van der Waals surface area contributed by atoms with Gasteiger partial charge in [0.05, 0.1) is 13.1 Å². The smallest absolute Gasteiger partial charge is 0.236 e. The normalized spacial score (nSPS) is 10.7. The number of hydrogen-bond acceptors (Lipinski definition) is 4. The molecule has 0 aliphatic heterocycles. The first-order valence-electron chi connectivity index (χ1n) is 5.27. The second-order valence-corrected chi connectivity index (χ2v) is 4.60. The number of carbonyl (C=O) groups is 1. The first kappa shape index (κ1) is 13.9. The maximum absolute atomic E-state index is 11.5. The Labute approximate surface area is 106 Å². The average molecular weight is 257 g/mol. The molecule has 0 saturated heterocycles. The largest absolute Gasteiger partial charge is 0.348 e. The summed E-state index contributed by atoms with van der Waals surface area (Å²) in [7, 11) is 5.31. The highest BCUT2D eigenvalue weighted by atomic mass is 35.5. The highest BCUT2D eigenvalue weighted by Gasteiger charge is 2.10. The molecule has 17 heavy (non-hydrogen) atoms. The van der Waals surface area contributed by atoms with Crippen molar-refractivity contribution in [2.24, 2.45) is 0 Å². The maximum atomic E-state index is 11.5. The van der Waals surface area contributed by atoms with Crippen LogP contribution in [0.2, 0.25) is 5.15 Å². The molecule has 0 aromatic carbocycles. The Hall–Kier alpha value is -1.20. The minimum Gasteiger partial charge on any atom is -0.348 e. The fourth-order valence-corrected chi connectivity index (χ4v) is 1.58. The molecule has 1 aromatic rings. The van der Waals surface area contributed by atoms with E-state index in [4.69, 9.17) is 11.6 Å². The van der Waals surface area contributed by atoms with Crippen LogP contribution >= 0.6 is 11.6 Å². The number of aromatic nitrogens is 2. The van der Waals surface area contributed by atoms with Crippen LogP contribution in [0.15, 0.2) is 6.07 Å². The molecule has 0 bridgehead atoms. The van der Waals surface area contributed by atoms with Gasteiger partial charge in [0.25, 0.3) is 0 Å². The van der Waals surface area contributed by atoms with Gasteiger partial charge in [-0.25, -0.2) is 9.97 Å². The Morgan fingerprint density at radius 2 is 2.00 bits per heavy atom. The summed E-state index contributed by atoms with van der Waals surface area (Å²) in [5, 5.41) is 0.430. The first-order chi connectivity index (χ1) is 7.88. The molecular formula is C11H17ClN4O. The Kier molecular flexibility index (Phi) is 4.84. The van der Waals surface area contributed by atoms with Gasteiger partial charge in [0.2, 0.25) is 5.91 Å². The quantitative estimate of drug-likeness (QED) is 0.753. The van der Waals surface area contributed by atoms with Crippen molar-refractivity contribution in [2.75, 3.05) is 27.7 Å². The Morgan fingerprint density at radius 1 is 1.35 bits per heavy atom. The first-order valence-corrected chi connectivity index (χ1v) is 5.65. The minimum absolute atomic E-state index is 0.0475. The zero-order valence-corrected chi connectivity index (χ0v) is 11.3. The van der Waals surface area contributed by atoms with E-state index in [-0.39, 0.29) is 5.91 Å². The standard InChI is InChI=1S/C11H17ClN4O/c1-8-5-9(12)14-10(13-8)6-16(4)7-11(17)15(2)3/h5H,6-7H2,1-4H3. The number of rotatable bonds is 4. The van der Waals surface area contributed by atoms with E-state index in [0.717, 1.165) is 5.69 Å². The molecule has 1 heterocycles. The third-order valence-electron chi connectivity index (χ3n) is 2.18. The van der Waals surface area contributed by atoms with Crippen molar-refractivity contribution in [1.29, 1.82) is 0 Å². The maximum Gasteiger partial charge on any atom is 0.236 e. The molecule has 0 fully saturated rings. The molecule has 1 aromatic heterocycles. The van der Waals surface area contributed by atoms with Gasteiger partial charge in [0, 0.05) is 19.8 Å². The van der Waals surface area contributed by atoms with Crippen LogP contribution in [0.4, 0.5) is 0 Å². The van der Waals surface area contributed by atoms with Crippen molar-refractivity contribution in [3.8, 4) is 0 Å². The van der Waals surface area contributed by atoms with Gasteiger partial charge in [0.15, 0.2) is 0 Å². The Bertz CT molecular complexity index is 388. The van der Waals surface area contributed by atoms with Crippen molar-refractivity contribution in [1.82, 2.24) is 19.8 Å². The molecule has 0 spiro atoms. The van der Waals surface area contributed by atoms with Crippen LogP contribution in [-0.4, -0.2) is 53.4 Å². The van der Waals surface area contributed by atoms with Crippen LogP contribution in [0.3, 0.4) is 0 Å². The molecule has 0 radical (unpaired) electrons. The summed E-state index contributed by atoms with van der Waals surface area (Å²) in [5.74, 6) is 0.676. The molecule has 0 aliphatic rings. The third-order valence-corrected chi connectivity index (χ3v) is 2.38. The SMILES string of the molecule is Cc1cc(Cl)nc(CN(C)CC(=O)N(C)C)n1. The second-order valence-electron chi connectivity index (χ2n) is 4.21. The van der Waals surface area contributed by atoms with Gasteiger partial charge in [-0.05, 0) is 20.0 Å². The molecular weight excluding hydrogens is 240 g/mol. The van der Waals surface area contributed by atoms with Crippen molar-refractivity contribution >= 4 is 17.5 Å². The van der Waals surface area contributed by atoms with E-state index in [1.54, 1.807) is 25.1 Å². The van der Waals surface area contributed by atoms with Crippen LogP contribution in [0, 0.1) is 6.92 Å². The van der Waals surface area contributed by atoms with Gasteiger partial charge >= 0.3 is 0 Å². The predicted octanol–water partition coefficient (Wildman–Crippen LogP) is 0.958. The van der Waals surface area contributed by atoms with E-state index >= 15 is 0 Å². The van der Waals surface area contributed by atoms with E-state index in [2.05, 4.69) is 9.97 Å². The molecule has 0 N–H and O–H groups in total. The number of halogens is 1. The monoisotopic (exact) mass is 256 g/mol. The third kappa shape index (κ3) is 4.66. The minimum atomic E-state index is 0.0475. The van der Waals surface area contributed by atoms with Crippen LogP contribution in [-0.2, 0) is 11.3 Å². The van der Waals surface area contributed by atoms with Crippen LogP contribution < -0.4 is 0 Å². The molecule has 1 amide bonds. The molecule has 6 heteroatoms. The van der Waals surface area contributed by atoms with Crippen LogP contribution in [0.5, 0.6) is 0 Å². The highest BCUT2D eigenvalue weighted by molar-refractivity contribution is 6.29. The van der Waals surface area contributed by atoms with E-state index in [9.17, 15) is 4.79 Å². The summed E-state index contributed by atoms with van der Waals surface area (Å²) in [6, 6.07) is 1.70. The van der Waals surface area contributed by atoms with Gasteiger partial charge in [-0.15, -0.1) is 0 Å². The molecule has 1 rings (SSSR count). The highest BCUT2D eigenvalue weighted by Crippen LogP contribution is 2.07. The lowest BCUT2D eigenvalue weighted by atomic mass is 10.4. The van der Waals surface area contributed by atoms with Crippen LogP contribution in [0.1, 0.15) is 11.5 Å². The fraction of sp³-hybridized carbons (Fsp3) is 0.545. The lowest BCUT2D eigenvalue weighted by Crippen LogP contribution is -2.34. The number of aryl methyl sites for hydroxylation is 1. The van der Waals surface area contributed by atoms with Crippen molar-refractivity contribution in [2.45, 2.75) is 13.5 Å². The second kappa shape index (κ2) is 5.93. The van der Waals surface area contributed by atoms with E-state index in [0.29, 0.717) is 24.1 Å². The van der Waals surface area contributed by atoms with Gasteiger partial charge in [-0.2, -0.15) is 0 Å². The van der Waals surface area contributed by atoms with E-state index in [1.165, 1.54) is 0 Å². The number of amides is 1. The summed E-state index contributed by atoms with van der Waals surface area (Å²) in [4.78, 5) is 23.3. The Balaban J connectivity index is 2.61. The molecule has 5 nitrogen and oxygen atoms in total. The van der Waals surface area contributed by atoms with E-state index < -0.39 is 0 Å². The zero-order chi connectivity index (χ0) is 13.0. The molecule has 94 valence electrons. The number of likely N-dealkylation sites (N-methyl/N-ethyl adjacent to an activating group) is 2. The fourth-order valence-electron chi connectivity index (χ4n) is 1.33. The van der Waals surface area contributed by atoms with Crippen molar-refractivity contribution in [3.63, 3.8) is 0 Å². The summed E-state index contributed by atoms with van der Waals surface area (Å²) in [6.45, 7) is 2.70. The summed E-state index contributed by atoms with van der Waals surface area (Å²) in [6.07, 6.45) is 0. The molecule has 0 unspecified atom stereocenters. The summed E-state index contributed by atoms with van der Waals surface area (Å²) in [5.41, 5.74) is 0.826. The van der Waals surface area contributed by atoms with Crippen LogP contribution in [0.25, 0.3) is 0 Å². The van der Waals surface area contributed by atoms with Gasteiger partial charge in [-0.1, -0.05) is 11.6 Å². The molecule has 0 aliphatic carbocycles.